The van der Waals surface area contributed by atoms with Crippen molar-refractivity contribution >= 4 is 5.91 Å². The number of rotatable bonds is 4. The van der Waals surface area contributed by atoms with Crippen LogP contribution in [-0.4, -0.2) is 52.2 Å². The number of piperazine rings is 1. The van der Waals surface area contributed by atoms with Crippen LogP contribution in [0.5, 0.6) is 0 Å². The molecule has 0 radical (unpaired) electrons. The number of carbonyl (C=O) groups excluding carboxylic acids is 1. The Kier molecular flexibility index (Phi) is 4.34. The minimum atomic E-state index is -0.122. The average Bonchev–Trinajstić information content (AvgIpc) is 3.39. The summed E-state index contributed by atoms with van der Waals surface area (Å²) in [4.78, 5) is 16.7. The van der Waals surface area contributed by atoms with Crippen LogP contribution in [0.3, 0.4) is 0 Å². The van der Waals surface area contributed by atoms with Crippen LogP contribution in [0.1, 0.15) is 27.5 Å². The van der Waals surface area contributed by atoms with Crippen LogP contribution in [0.2, 0.25) is 0 Å². The predicted octanol–water partition coefficient (Wildman–Crippen LogP) is 2.50. The number of aryl methyl sites for hydroxylation is 2. The van der Waals surface area contributed by atoms with Gasteiger partial charge in [0.2, 0.25) is 5.76 Å². The summed E-state index contributed by atoms with van der Waals surface area (Å²) in [6.45, 7) is 7.53. The summed E-state index contributed by atoms with van der Waals surface area (Å²) >= 11 is 0. The maximum atomic E-state index is 12.6. The molecule has 0 N–H and O–H groups in total. The molecule has 4 heterocycles. The van der Waals surface area contributed by atoms with Crippen molar-refractivity contribution in [3.63, 3.8) is 0 Å². The summed E-state index contributed by atoms with van der Waals surface area (Å²) < 4.78 is 15.7. The molecule has 136 valence electrons. The third-order valence-corrected chi connectivity index (χ3v) is 4.72. The highest BCUT2D eigenvalue weighted by atomic mass is 16.5. The molecule has 3 aromatic heterocycles. The van der Waals surface area contributed by atoms with E-state index in [1.54, 1.807) is 29.4 Å². The van der Waals surface area contributed by atoms with Crippen molar-refractivity contribution in [2.45, 2.75) is 20.4 Å². The van der Waals surface area contributed by atoms with Gasteiger partial charge in [0, 0.05) is 44.4 Å². The van der Waals surface area contributed by atoms with Gasteiger partial charge in [-0.2, -0.15) is 0 Å². The van der Waals surface area contributed by atoms with Crippen LogP contribution < -0.4 is 0 Å². The molecule has 0 unspecified atom stereocenters. The number of carbonyl (C=O) groups is 1. The van der Waals surface area contributed by atoms with Crippen LogP contribution in [-0.2, 0) is 6.54 Å². The van der Waals surface area contributed by atoms with Gasteiger partial charge in [-0.15, -0.1) is 0 Å². The minimum Gasteiger partial charge on any atom is -0.461 e. The highest BCUT2D eigenvalue weighted by Gasteiger charge is 2.26. The fourth-order valence-corrected chi connectivity index (χ4v) is 3.13. The molecule has 4 rings (SSSR count). The van der Waals surface area contributed by atoms with E-state index in [2.05, 4.69) is 15.2 Å². The summed E-state index contributed by atoms with van der Waals surface area (Å²) in [6, 6.07) is 5.15. The zero-order valence-electron chi connectivity index (χ0n) is 14.8. The smallest absolute Gasteiger partial charge is 0.276 e. The SMILES string of the molecule is Cc1noc(C)c1CN1CCN(C(=O)c2cc(-c3ccco3)on2)CC1. The van der Waals surface area contributed by atoms with Crippen molar-refractivity contribution in [3.8, 4) is 11.5 Å². The number of hydrogen-bond donors (Lipinski definition) is 0. The first-order valence-electron chi connectivity index (χ1n) is 8.56. The third-order valence-electron chi connectivity index (χ3n) is 4.72. The molecule has 1 aliphatic rings. The molecule has 0 saturated carbocycles. The lowest BCUT2D eigenvalue weighted by Crippen LogP contribution is -2.48. The van der Waals surface area contributed by atoms with Gasteiger partial charge < -0.3 is 18.4 Å². The Hall–Kier alpha value is -2.87. The second kappa shape index (κ2) is 6.80. The lowest BCUT2D eigenvalue weighted by molar-refractivity contribution is 0.0617. The maximum Gasteiger partial charge on any atom is 0.276 e. The number of aromatic nitrogens is 2. The number of amides is 1. The predicted molar refractivity (Wildman–Crippen MR) is 91.4 cm³/mol. The molecule has 8 heteroatoms. The quantitative estimate of drug-likeness (QED) is 0.709. The largest absolute Gasteiger partial charge is 0.461 e. The van der Waals surface area contributed by atoms with Gasteiger partial charge in [0.05, 0.1) is 12.0 Å². The monoisotopic (exact) mass is 356 g/mol. The molecular weight excluding hydrogens is 336 g/mol. The molecule has 0 aromatic carbocycles. The van der Waals surface area contributed by atoms with E-state index in [-0.39, 0.29) is 5.91 Å². The Morgan fingerprint density at radius 2 is 1.92 bits per heavy atom. The van der Waals surface area contributed by atoms with Crippen molar-refractivity contribution in [2.24, 2.45) is 0 Å². The van der Waals surface area contributed by atoms with Crippen molar-refractivity contribution in [2.75, 3.05) is 26.2 Å². The second-order valence-corrected chi connectivity index (χ2v) is 6.42. The second-order valence-electron chi connectivity index (χ2n) is 6.42. The van der Waals surface area contributed by atoms with Crippen molar-refractivity contribution in [1.29, 1.82) is 0 Å². The molecule has 0 bridgehead atoms. The number of nitrogens with zero attached hydrogens (tertiary/aromatic N) is 4. The van der Waals surface area contributed by atoms with E-state index in [4.69, 9.17) is 13.5 Å². The van der Waals surface area contributed by atoms with Gasteiger partial charge in [-0.1, -0.05) is 10.3 Å². The van der Waals surface area contributed by atoms with E-state index in [1.807, 2.05) is 13.8 Å². The minimum absolute atomic E-state index is 0.122. The van der Waals surface area contributed by atoms with Gasteiger partial charge in [0.15, 0.2) is 11.5 Å². The van der Waals surface area contributed by atoms with Crippen molar-refractivity contribution in [3.05, 3.63) is 47.2 Å². The normalized spacial score (nSPS) is 15.5. The zero-order valence-corrected chi connectivity index (χ0v) is 14.8. The average molecular weight is 356 g/mol. The van der Waals surface area contributed by atoms with Gasteiger partial charge in [0.1, 0.15) is 5.76 Å². The summed E-state index contributed by atoms with van der Waals surface area (Å²) in [5.74, 6) is 1.74. The maximum absolute atomic E-state index is 12.6. The summed E-state index contributed by atoms with van der Waals surface area (Å²) in [5, 5.41) is 7.89. The first-order chi connectivity index (χ1) is 12.6. The first-order valence-corrected chi connectivity index (χ1v) is 8.56. The summed E-state index contributed by atoms with van der Waals surface area (Å²) in [6.07, 6.45) is 1.55. The molecule has 1 aliphatic heterocycles. The van der Waals surface area contributed by atoms with Crippen LogP contribution in [0, 0.1) is 13.8 Å². The van der Waals surface area contributed by atoms with Crippen molar-refractivity contribution < 1.29 is 18.3 Å². The van der Waals surface area contributed by atoms with Crippen LogP contribution >= 0.6 is 0 Å². The summed E-state index contributed by atoms with van der Waals surface area (Å²) in [5.41, 5.74) is 2.36. The molecule has 1 fully saturated rings. The van der Waals surface area contributed by atoms with Crippen LogP contribution in [0.4, 0.5) is 0 Å². The van der Waals surface area contributed by atoms with Gasteiger partial charge in [0.25, 0.3) is 5.91 Å². The van der Waals surface area contributed by atoms with E-state index in [1.165, 1.54) is 0 Å². The van der Waals surface area contributed by atoms with E-state index in [0.29, 0.717) is 30.3 Å². The van der Waals surface area contributed by atoms with E-state index in [9.17, 15) is 4.79 Å². The standard InChI is InChI=1S/C18H20N4O4/c1-12-14(13(2)25-19-12)11-21-5-7-22(8-6-21)18(23)15-10-17(26-20-15)16-4-3-9-24-16/h3-4,9-10H,5-8,11H2,1-2H3. The lowest BCUT2D eigenvalue weighted by Gasteiger charge is -2.34. The molecule has 0 spiro atoms. The van der Waals surface area contributed by atoms with Gasteiger partial charge in [-0.05, 0) is 26.0 Å². The number of hydrogen-bond acceptors (Lipinski definition) is 7. The third kappa shape index (κ3) is 3.15. The Balaban J connectivity index is 1.36. The molecule has 0 aliphatic carbocycles. The Labute approximate surface area is 150 Å². The summed E-state index contributed by atoms with van der Waals surface area (Å²) in [7, 11) is 0. The highest BCUT2D eigenvalue weighted by molar-refractivity contribution is 5.93. The topological polar surface area (TPSA) is 88.8 Å². The molecule has 8 nitrogen and oxygen atoms in total. The number of furan rings is 1. The van der Waals surface area contributed by atoms with E-state index >= 15 is 0 Å². The van der Waals surface area contributed by atoms with E-state index < -0.39 is 0 Å². The van der Waals surface area contributed by atoms with Gasteiger partial charge >= 0.3 is 0 Å². The van der Waals surface area contributed by atoms with Crippen molar-refractivity contribution in [1.82, 2.24) is 20.1 Å². The first kappa shape index (κ1) is 16.6. The molecule has 3 aromatic rings. The molecule has 1 amide bonds. The molecule has 1 saturated heterocycles. The van der Waals surface area contributed by atoms with Crippen LogP contribution in [0.15, 0.2) is 37.9 Å². The van der Waals surface area contributed by atoms with Gasteiger partial charge in [-0.3, -0.25) is 9.69 Å². The fraction of sp³-hybridized carbons (Fsp3) is 0.389. The zero-order chi connectivity index (χ0) is 18.1. The molecule has 26 heavy (non-hydrogen) atoms. The lowest BCUT2D eigenvalue weighted by atomic mass is 10.1. The van der Waals surface area contributed by atoms with Crippen LogP contribution in [0.25, 0.3) is 11.5 Å². The Morgan fingerprint density at radius 3 is 2.58 bits per heavy atom. The molecule has 0 atom stereocenters. The Bertz CT molecular complexity index is 869. The fourth-order valence-electron chi connectivity index (χ4n) is 3.13. The van der Waals surface area contributed by atoms with E-state index in [0.717, 1.165) is 36.7 Å². The Morgan fingerprint density at radius 1 is 1.12 bits per heavy atom. The molecular formula is C18H20N4O4. The van der Waals surface area contributed by atoms with Gasteiger partial charge in [-0.25, -0.2) is 0 Å². The highest BCUT2D eigenvalue weighted by Crippen LogP contribution is 2.22.